The summed E-state index contributed by atoms with van der Waals surface area (Å²) < 4.78 is 17.1. The Kier molecular flexibility index (Phi) is 5.81. The molecule has 27 heavy (non-hydrogen) atoms. The molecule has 3 rings (SSSR count). The Morgan fingerprint density at radius 1 is 1.41 bits per heavy atom. The summed E-state index contributed by atoms with van der Waals surface area (Å²) in [6, 6.07) is 5.61. The molecule has 0 bridgehead atoms. The Bertz CT molecular complexity index is 691. The molecule has 1 fully saturated rings. The Hall–Kier alpha value is -1.61. The summed E-state index contributed by atoms with van der Waals surface area (Å²) in [6.07, 6.45) is -0.324. The van der Waals surface area contributed by atoms with Gasteiger partial charge >= 0.3 is 6.09 Å². The van der Waals surface area contributed by atoms with Gasteiger partial charge in [0, 0.05) is 36.4 Å². The van der Waals surface area contributed by atoms with Crippen LogP contribution in [0.15, 0.2) is 18.2 Å². The summed E-state index contributed by atoms with van der Waals surface area (Å²) in [6.45, 7) is 6.72. The quantitative estimate of drug-likeness (QED) is 0.720. The minimum Gasteiger partial charge on any atom is -0.490 e. The standard InChI is InChI=1S/C19H29NO6Si/c1-12-17(24-2)14-11-13(20-8-10-25-19(20)22)5-6-15(14)26-18(12)16(7-9-21)27(3,4)23/h5-6,11-12,16-18,21,23H,7-10H2,1-4H3/t12-,16?,17-,18-/m1/s1. The smallest absolute Gasteiger partial charge is 0.414 e. The SMILES string of the molecule is CO[C@H]1c2cc(N3CCOC3=O)ccc2O[C@@H](C(CCO)[Si](C)(C)O)[C@@H]1C. The fraction of sp³-hybridized carbons (Fsp3) is 0.632. The van der Waals surface area contributed by atoms with Gasteiger partial charge in [-0.2, -0.15) is 0 Å². The van der Waals surface area contributed by atoms with Crippen molar-refractivity contribution in [2.75, 3.05) is 31.8 Å². The second kappa shape index (κ2) is 7.79. The molecule has 150 valence electrons. The van der Waals surface area contributed by atoms with Crippen molar-refractivity contribution in [3.8, 4) is 5.75 Å². The molecular formula is C19H29NO6Si. The predicted molar refractivity (Wildman–Crippen MR) is 104 cm³/mol. The zero-order valence-corrected chi connectivity index (χ0v) is 17.3. The molecule has 1 saturated heterocycles. The molecule has 1 amide bonds. The number of methoxy groups -OCH3 is 1. The lowest BCUT2D eigenvalue weighted by Crippen LogP contribution is -2.48. The number of aliphatic hydroxyl groups excluding tert-OH is 1. The molecule has 7 nitrogen and oxygen atoms in total. The van der Waals surface area contributed by atoms with Crippen LogP contribution in [-0.4, -0.2) is 57.3 Å². The van der Waals surface area contributed by atoms with Gasteiger partial charge in [0.1, 0.15) is 18.5 Å². The first-order valence-corrected chi connectivity index (χ1v) is 12.4. The van der Waals surface area contributed by atoms with Crippen molar-refractivity contribution in [2.45, 2.75) is 44.2 Å². The normalized spacial score (nSPS) is 26.4. The second-order valence-corrected chi connectivity index (χ2v) is 11.9. The molecule has 0 radical (unpaired) electrons. The van der Waals surface area contributed by atoms with Crippen molar-refractivity contribution in [1.29, 1.82) is 0 Å². The molecule has 2 N–H and O–H groups in total. The number of ether oxygens (including phenoxy) is 3. The molecule has 0 saturated carbocycles. The fourth-order valence-corrected chi connectivity index (χ4v) is 6.23. The zero-order valence-electron chi connectivity index (χ0n) is 16.3. The number of aliphatic hydroxyl groups is 1. The van der Waals surface area contributed by atoms with Gasteiger partial charge in [-0.05, 0) is 37.7 Å². The first-order valence-electron chi connectivity index (χ1n) is 9.38. The van der Waals surface area contributed by atoms with Crippen LogP contribution in [0, 0.1) is 5.92 Å². The average Bonchev–Trinajstić information content (AvgIpc) is 3.04. The van der Waals surface area contributed by atoms with Crippen LogP contribution < -0.4 is 9.64 Å². The number of anilines is 1. The van der Waals surface area contributed by atoms with Crippen LogP contribution in [0.3, 0.4) is 0 Å². The number of carbonyl (C=O) groups is 1. The Morgan fingerprint density at radius 2 is 2.15 bits per heavy atom. The molecule has 0 spiro atoms. The van der Waals surface area contributed by atoms with E-state index >= 15 is 0 Å². The first kappa shape index (κ1) is 20.1. The maximum Gasteiger partial charge on any atom is 0.414 e. The van der Waals surface area contributed by atoms with Crippen LogP contribution in [0.2, 0.25) is 18.6 Å². The van der Waals surface area contributed by atoms with E-state index in [4.69, 9.17) is 14.2 Å². The van der Waals surface area contributed by atoms with Gasteiger partial charge in [0.2, 0.25) is 0 Å². The molecule has 1 unspecified atom stereocenters. The lowest BCUT2D eigenvalue weighted by Gasteiger charge is -2.43. The molecule has 2 aliphatic heterocycles. The summed E-state index contributed by atoms with van der Waals surface area (Å²) in [5, 5.41) is 9.49. The third kappa shape index (κ3) is 3.84. The molecule has 4 atom stereocenters. The number of hydrogen-bond acceptors (Lipinski definition) is 6. The number of carbonyl (C=O) groups excluding carboxylic acids is 1. The van der Waals surface area contributed by atoms with Gasteiger partial charge in [0.15, 0.2) is 8.32 Å². The van der Waals surface area contributed by atoms with E-state index in [1.165, 1.54) is 0 Å². The summed E-state index contributed by atoms with van der Waals surface area (Å²) in [4.78, 5) is 24.2. The Morgan fingerprint density at radius 3 is 2.70 bits per heavy atom. The molecule has 1 aromatic carbocycles. The van der Waals surface area contributed by atoms with Crippen molar-refractivity contribution in [3.05, 3.63) is 23.8 Å². The number of cyclic esters (lactones) is 1. The first-order chi connectivity index (χ1) is 12.8. The predicted octanol–water partition coefficient (Wildman–Crippen LogP) is 2.68. The number of fused-ring (bicyclic) bond motifs is 1. The fourth-order valence-electron chi connectivity index (χ4n) is 4.22. The number of benzene rings is 1. The van der Waals surface area contributed by atoms with Gasteiger partial charge in [-0.15, -0.1) is 0 Å². The third-order valence-electron chi connectivity index (χ3n) is 5.63. The van der Waals surface area contributed by atoms with E-state index in [9.17, 15) is 14.7 Å². The van der Waals surface area contributed by atoms with E-state index in [1.807, 2.05) is 38.2 Å². The molecule has 2 aliphatic rings. The largest absolute Gasteiger partial charge is 0.490 e. The van der Waals surface area contributed by atoms with Gasteiger partial charge < -0.3 is 24.1 Å². The summed E-state index contributed by atoms with van der Waals surface area (Å²) in [5.41, 5.74) is 1.53. The van der Waals surface area contributed by atoms with Gasteiger partial charge in [0.25, 0.3) is 0 Å². The van der Waals surface area contributed by atoms with Crippen LogP contribution in [-0.2, 0) is 9.47 Å². The third-order valence-corrected chi connectivity index (χ3v) is 8.06. The summed E-state index contributed by atoms with van der Waals surface area (Å²) in [7, 11) is -0.892. The molecule has 0 aromatic heterocycles. The van der Waals surface area contributed by atoms with Crippen LogP contribution in [0.5, 0.6) is 5.75 Å². The van der Waals surface area contributed by atoms with E-state index in [0.717, 1.165) is 11.3 Å². The molecule has 8 heteroatoms. The van der Waals surface area contributed by atoms with Crippen molar-refractivity contribution in [1.82, 2.24) is 0 Å². The lowest BCUT2D eigenvalue weighted by atomic mass is 9.86. The van der Waals surface area contributed by atoms with Crippen LogP contribution in [0.25, 0.3) is 0 Å². The average molecular weight is 396 g/mol. The number of rotatable bonds is 6. The van der Waals surface area contributed by atoms with Crippen molar-refractivity contribution in [2.24, 2.45) is 5.92 Å². The highest BCUT2D eigenvalue weighted by Crippen LogP contribution is 2.47. The van der Waals surface area contributed by atoms with Gasteiger partial charge in [-0.25, -0.2) is 4.79 Å². The van der Waals surface area contributed by atoms with Crippen LogP contribution >= 0.6 is 0 Å². The highest BCUT2D eigenvalue weighted by Gasteiger charge is 2.46. The van der Waals surface area contributed by atoms with E-state index in [2.05, 4.69) is 0 Å². The minimum atomic E-state index is -2.55. The van der Waals surface area contributed by atoms with Crippen molar-refractivity contribution < 1.29 is 28.9 Å². The van der Waals surface area contributed by atoms with Gasteiger partial charge in [-0.3, -0.25) is 4.90 Å². The minimum absolute atomic E-state index is 0.00868. The van der Waals surface area contributed by atoms with Gasteiger partial charge in [-0.1, -0.05) is 6.92 Å². The Balaban J connectivity index is 1.95. The summed E-state index contributed by atoms with van der Waals surface area (Å²) >= 11 is 0. The monoisotopic (exact) mass is 395 g/mol. The van der Waals surface area contributed by atoms with E-state index < -0.39 is 8.32 Å². The van der Waals surface area contributed by atoms with E-state index in [-0.39, 0.29) is 36.4 Å². The van der Waals surface area contributed by atoms with Crippen LogP contribution in [0.1, 0.15) is 25.0 Å². The van der Waals surface area contributed by atoms with E-state index in [0.29, 0.717) is 25.3 Å². The highest BCUT2D eigenvalue weighted by atomic mass is 28.4. The number of hydrogen-bond donors (Lipinski definition) is 2. The zero-order chi connectivity index (χ0) is 19.8. The van der Waals surface area contributed by atoms with Crippen molar-refractivity contribution >= 4 is 20.1 Å². The molecule has 1 aromatic rings. The van der Waals surface area contributed by atoms with Crippen LogP contribution in [0.4, 0.5) is 10.5 Å². The summed E-state index contributed by atoms with van der Waals surface area (Å²) in [5.74, 6) is 0.682. The maximum atomic E-state index is 11.9. The van der Waals surface area contributed by atoms with Gasteiger partial charge in [0.05, 0.1) is 12.6 Å². The molecular weight excluding hydrogens is 366 g/mol. The maximum absolute atomic E-state index is 11.9. The number of amides is 1. The topological polar surface area (TPSA) is 88.5 Å². The van der Waals surface area contributed by atoms with Crippen molar-refractivity contribution in [3.63, 3.8) is 0 Å². The van der Waals surface area contributed by atoms with E-state index in [1.54, 1.807) is 12.0 Å². The second-order valence-electron chi connectivity index (χ2n) is 7.86. The number of nitrogens with zero attached hydrogens (tertiary/aromatic N) is 1. The highest BCUT2D eigenvalue weighted by molar-refractivity contribution is 6.71. The Labute approximate surface area is 161 Å². The molecule has 0 aliphatic carbocycles. The lowest BCUT2D eigenvalue weighted by molar-refractivity contribution is -0.0255. The molecule has 2 heterocycles.